The normalized spacial score (nSPS) is 19.9. The van der Waals surface area contributed by atoms with Gasteiger partial charge >= 0.3 is 0 Å². The highest BCUT2D eigenvalue weighted by atomic mass is 32.2. The zero-order valence-electron chi connectivity index (χ0n) is 10.8. The van der Waals surface area contributed by atoms with Gasteiger partial charge in [0, 0.05) is 11.9 Å². The maximum Gasteiger partial charge on any atom is 0.241 e. The Hall–Kier alpha value is -1.40. The minimum atomic E-state index is -3.19. The number of amides is 1. The van der Waals surface area contributed by atoms with E-state index in [4.69, 9.17) is 0 Å². The fraction of sp³-hybridized carbons (Fsp3) is 0.462. The first kappa shape index (κ1) is 14.0. The molecule has 0 aromatic heterocycles. The summed E-state index contributed by atoms with van der Waals surface area (Å²) in [5, 5.41) is 5.96. The molecule has 1 aromatic rings. The lowest BCUT2D eigenvalue weighted by molar-refractivity contribution is -0.118. The summed E-state index contributed by atoms with van der Waals surface area (Å²) in [6.45, 7) is 0.866. The largest absolute Gasteiger partial charge is 0.325 e. The summed E-state index contributed by atoms with van der Waals surface area (Å²) < 4.78 is 22.6. The Labute approximate surface area is 113 Å². The number of sulfone groups is 1. The van der Waals surface area contributed by atoms with Crippen LogP contribution in [-0.4, -0.2) is 33.2 Å². The average molecular weight is 282 g/mol. The van der Waals surface area contributed by atoms with Crippen LogP contribution in [0.3, 0.4) is 0 Å². The molecule has 1 heterocycles. The molecule has 1 aromatic carbocycles. The minimum absolute atomic E-state index is 0.0631. The Balaban J connectivity index is 2.01. The number of nitrogens with one attached hydrogen (secondary N) is 2. The van der Waals surface area contributed by atoms with Gasteiger partial charge in [0.2, 0.25) is 5.91 Å². The van der Waals surface area contributed by atoms with Gasteiger partial charge in [-0.25, -0.2) is 8.42 Å². The van der Waals surface area contributed by atoms with E-state index in [9.17, 15) is 13.2 Å². The van der Waals surface area contributed by atoms with Crippen molar-refractivity contribution in [2.75, 3.05) is 18.1 Å². The van der Waals surface area contributed by atoms with Gasteiger partial charge in [0.25, 0.3) is 0 Å². The molecule has 1 aliphatic heterocycles. The summed E-state index contributed by atoms with van der Waals surface area (Å²) in [6, 6.07) is 6.07. The van der Waals surface area contributed by atoms with Crippen LogP contribution in [0.2, 0.25) is 0 Å². The van der Waals surface area contributed by atoms with Gasteiger partial charge in [0.1, 0.15) is 0 Å². The van der Waals surface area contributed by atoms with Gasteiger partial charge in [-0.05, 0) is 43.7 Å². The van der Waals surface area contributed by atoms with Crippen LogP contribution in [0.25, 0.3) is 0 Å². The van der Waals surface area contributed by atoms with Crippen LogP contribution in [-0.2, 0) is 14.6 Å². The number of hydrogen-bond acceptors (Lipinski definition) is 4. The first-order valence-electron chi connectivity index (χ1n) is 6.31. The van der Waals surface area contributed by atoms with Crippen molar-refractivity contribution in [2.45, 2.75) is 30.2 Å². The summed E-state index contributed by atoms with van der Waals surface area (Å²) in [5.41, 5.74) is 0.616. The molecular weight excluding hydrogens is 264 g/mol. The molecule has 0 saturated carbocycles. The van der Waals surface area contributed by atoms with Crippen molar-refractivity contribution in [1.29, 1.82) is 0 Å². The summed E-state index contributed by atoms with van der Waals surface area (Å²) >= 11 is 0. The Morgan fingerprint density at radius 3 is 2.47 bits per heavy atom. The smallest absolute Gasteiger partial charge is 0.241 e. The molecule has 104 valence electrons. The van der Waals surface area contributed by atoms with Crippen molar-refractivity contribution in [2.24, 2.45) is 0 Å². The predicted molar refractivity (Wildman–Crippen MR) is 73.8 cm³/mol. The van der Waals surface area contributed by atoms with Crippen molar-refractivity contribution < 1.29 is 13.2 Å². The van der Waals surface area contributed by atoms with Crippen LogP contribution in [0, 0.1) is 0 Å². The van der Waals surface area contributed by atoms with E-state index in [0.29, 0.717) is 5.69 Å². The summed E-state index contributed by atoms with van der Waals surface area (Å²) in [4.78, 5) is 12.2. The fourth-order valence-electron chi connectivity index (χ4n) is 2.09. The van der Waals surface area contributed by atoms with Crippen molar-refractivity contribution in [1.82, 2.24) is 5.32 Å². The zero-order chi connectivity index (χ0) is 13.9. The molecule has 6 heteroatoms. The summed E-state index contributed by atoms with van der Waals surface area (Å²) in [6.07, 6.45) is 4.16. The van der Waals surface area contributed by atoms with Gasteiger partial charge in [-0.15, -0.1) is 0 Å². The monoisotopic (exact) mass is 282 g/mol. The number of benzene rings is 1. The predicted octanol–water partition coefficient (Wildman–Crippen LogP) is 1.17. The van der Waals surface area contributed by atoms with Crippen LogP contribution in [0.15, 0.2) is 29.2 Å². The van der Waals surface area contributed by atoms with Gasteiger partial charge in [-0.1, -0.05) is 6.42 Å². The van der Waals surface area contributed by atoms with Crippen LogP contribution >= 0.6 is 0 Å². The molecule has 1 fully saturated rings. The molecule has 0 aliphatic carbocycles. The first-order valence-corrected chi connectivity index (χ1v) is 8.20. The summed E-state index contributed by atoms with van der Waals surface area (Å²) in [7, 11) is -3.19. The Morgan fingerprint density at radius 1 is 1.26 bits per heavy atom. The van der Waals surface area contributed by atoms with Crippen molar-refractivity contribution in [3.05, 3.63) is 24.3 Å². The SMILES string of the molecule is CS(=O)(=O)c1ccc(NC(=O)[C@@H]2CCCCN2)cc1. The maximum absolute atomic E-state index is 12.0. The number of carbonyl (C=O) groups excluding carboxylic acids is 1. The van der Waals surface area contributed by atoms with Crippen molar-refractivity contribution in [3.63, 3.8) is 0 Å². The Morgan fingerprint density at radius 2 is 1.95 bits per heavy atom. The lowest BCUT2D eigenvalue weighted by atomic mass is 10.0. The number of hydrogen-bond donors (Lipinski definition) is 2. The van der Waals surface area contributed by atoms with E-state index in [-0.39, 0.29) is 16.8 Å². The molecule has 2 N–H and O–H groups in total. The second-order valence-electron chi connectivity index (χ2n) is 4.79. The van der Waals surface area contributed by atoms with E-state index in [1.807, 2.05) is 0 Å². The lowest BCUT2D eigenvalue weighted by Crippen LogP contribution is -2.43. The first-order chi connectivity index (χ1) is 8.97. The van der Waals surface area contributed by atoms with Gasteiger partial charge in [-0.3, -0.25) is 4.79 Å². The molecule has 1 aliphatic rings. The van der Waals surface area contributed by atoms with E-state index in [1.54, 1.807) is 12.1 Å². The van der Waals surface area contributed by atoms with E-state index in [0.717, 1.165) is 32.1 Å². The third-order valence-electron chi connectivity index (χ3n) is 3.18. The minimum Gasteiger partial charge on any atom is -0.325 e. The fourth-order valence-corrected chi connectivity index (χ4v) is 2.72. The molecule has 5 nitrogen and oxygen atoms in total. The molecule has 1 amide bonds. The summed E-state index contributed by atoms with van der Waals surface area (Å²) in [5.74, 6) is -0.0631. The topological polar surface area (TPSA) is 75.3 Å². The highest BCUT2D eigenvalue weighted by molar-refractivity contribution is 7.90. The quantitative estimate of drug-likeness (QED) is 0.872. The lowest BCUT2D eigenvalue weighted by Gasteiger charge is -2.22. The second-order valence-corrected chi connectivity index (χ2v) is 6.80. The van der Waals surface area contributed by atoms with Gasteiger partial charge in [-0.2, -0.15) is 0 Å². The highest BCUT2D eigenvalue weighted by Crippen LogP contribution is 2.15. The number of rotatable bonds is 3. The molecule has 2 rings (SSSR count). The van der Waals surface area contributed by atoms with Crippen LogP contribution in [0.5, 0.6) is 0 Å². The number of anilines is 1. The van der Waals surface area contributed by atoms with Crippen LogP contribution < -0.4 is 10.6 Å². The number of piperidine rings is 1. The third-order valence-corrected chi connectivity index (χ3v) is 4.31. The molecule has 19 heavy (non-hydrogen) atoms. The molecule has 1 saturated heterocycles. The third kappa shape index (κ3) is 3.78. The van der Waals surface area contributed by atoms with E-state index in [1.165, 1.54) is 12.1 Å². The second kappa shape index (κ2) is 5.71. The Kier molecular flexibility index (Phi) is 4.21. The van der Waals surface area contributed by atoms with Crippen LogP contribution in [0.1, 0.15) is 19.3 Å². The molecule has 0 bridgehead atoms. The molecule has 0 unspecified atom stereocenters. The van der Waals surface area contributed by atoms with E-state index < -0.39 is 9.84 Å². The van der Waals surface area contributed by atoms with Crippen molar-refractivity contribution >= 4 is 21.4 Å². The average Bonchev–Trinajstić information content (AvgIpc) is 2.39. The zero-order valence-corrected chi connectivity index (χ0v) is 11.7. The van der Waals surface area contributed by atoms with E-state index in [2.05, 4.69) is 10.6 Å². The maximum atomic E-state index is 12.0. The van der Waals surface area contributed by atoms with Gasteiger partial charge < -0.3 is 10.6 Å². The van der Waals surface area contributed by atoms with Gasteiger partial charge in [0.05, 0.1) is 10.9 Å². The molecule has 1 atom stereocenters. The van der Waals surface area contributed by atoms with Gasteiger partial charge in [0.15, 0.2) is 9.84 Å². The van der Waals surface area contributed by atoms with Crippen molar-refractivity contribution in [3.8, 4) is 0 Å². The Bertz CT molecular complexity index is 546. The molecule has 0 radical (unpaired) electrons. The standard InChI is InChI=1S/C13H18N2O3S/c1-19(17,18)11-7-5-10(6-8-11)15-13(16)12-4-2-3-9-14-12/h5-8,12,14H,2-4,9H2,1H3,(H,15,16)/t12-/m0/s1. The van der Waals surface area contributed by atoms with Crippen LogP contribution in [0.4, 0.5) is 5.69 Å². The van der Waals surface area contributed by atoms with E-state index >= 15 is 0 Å². The number of carbonyl (C=O) groups is 1. The highest BCUT2D eigenvalue weighted by Gasteiger charge is 2.20. The molecular formula is C13H18N2O3S. The molecule has 0 spiro atoms.